The highest BCUT2D eigenvalue weighted by atomic mass is 16.5. The second kappa shape index (κ2) is 10.4. The van der Waals surface area contributed by atoms with Crippen LogP contribution in [0.5, 0.6) is 5.75 Å². The Hall–Kier alpha value is -3.46. The van der Waals surface area contributed by atoms with E-state index in [9.17, 15) is 9.59 Å². The third-order valence-electron chi connectivity index (χ3n) is 6.72. The van der Waals surface area contributed by atoms with Crippen molar-refractivity contribution in [2.45, 2.75) is 50.6 Å². The highest BCUT2D eigenvalue weighted by Crippen LogP contribution is 2.35. The van der Waals surface area contributed by atoms with E-state index in [2.05, 4.69) is 25.6 Å². The highest BCUT2D eigenvalue weighted by molar-refractivity contribution is 6.07. The van der Waals surface area contributed by atoms with Crippen LogP contribution in [-0.2, 0) is 9.53 Å². The molecule has 9 heteroatoms. The van der Waals surface area contributed by atoms with E-state index >= 15 is 0 Å². The van der Waals surface area contributed by atoms with Crippen molar-refractivity contribution in [2.24, 2.45) is 5.92 Å². The molecule has 184 valence electrons. The van der Waals surface area contributed by atoms with Gasteiger partial charge in [0, 0.05) is 31.0 Å². The van der Waals surface area contributed by atoms with Crippen LogP contribution < -0.4 is 15.4 Å². The van der Waals surface area contributed by atoms with Crippen molar-refractivity contribution in [2.75, 3.05) is 20.3 Å². The normalized spacial score (nSPS) is 19.9. The van der Waals surface area contributed by atoms with Crippen molar-refractivity contribution >= 4 is 22.8 Å². The summed E-state index contributed by atoms with van der Waals surface area (Å²) in [7, 11) is 1.51. The molecule has 2 aliphatic carbocycles. The van der Waals surface area contributed by atoms with Crippen LogP contribution in [0.2, 0.25) is 0 Å². The van der Waals surface area contributed by atoms with Crippen LogP contribution in [0.1, 0.15) is 48.9 Å². The Morgan fingerprint density at radius 1 is 1.03 bits per heavy atom. The maximum Gasteiger partial charge on any atom is 0.255 e. The van der Waals surface area contributed by atoms with Gasteiger partial charge in [0.15, 0.2) is 0 Å². The van der Waals surface area contributed by atoms with Crippen molar-refractivity contribution in [3.8, 4) is 17.0 Å². The van der Waals surface area contributed by atoms with E-state index in [0.29, 0.717) is 34.8 Å². The van der Waals surface area contributed by atoms with Gasteiger partial charge in [0.25, 0.3) is 5.91 Å². The first kappa shape index (κ1) is 23.3. The monoisotopic (exact) mass is 477 g/mol. The van der Waals surface area contributed by atoms with E-state index < -0.39 is 0 Å². The quantitative estimate of drug-likeness (QED) is 0.436. The molecule has 35 heavy (non-hydrogen) atoms. The number of nitrogens with zero attached hydrogens (tertiary/aromatic N) is 2. The van der Waals surface area contributed by atoms with Gasteiger partial charge in [-0.15, -0.1) is 0 Å². The average molecular weight is 478 g/mol. The maximum absolute atomic E-state index is 13.1. The number of hydrogen-bond acceptors (Lipinski definition) is 6. The number of carbonyl (C=O) groups is 2. The van der Waals surface area contributed by atoms with Gasteiger partial charge in [-0.05, 0) is 56.6 Å². The molecule has 3 N–H and O–H groups in total. The number of hydrogen-bond donors (Lipinski definition) is 3. The molecule has 2 aromatic heterocycles. The SMILES string of the molecule is COCC(=O)N[C@H]1CC[C@H](NC(=O)c2c[nH]c3c(-c4ccccc4OCC4CC4)ncnc23)CC1. The molecule has 3 aromatic rings. The summed E-state index contributed by atoms with van der Waals surface area (Å²) in [6.07, 6.45) is 8.88. The Labute approximate surface area is 204 Å². The number of H-pyrrole nitrogens is 1. The van der Waals surface area contributed by atoms with Crippen molar-refractivity contribution < 1.29 is 19.1 Å². The van der Waals surface area contributed by atoms with E-state index in [-0.39, 0.29) is 30.5 Å². The zero-order valence-corrected chi connectivity index (χ0v) is 19.9. The van der Waals surface area contributed by atoms with Gasteiger partial charge in [-0.2, -0.15) is 0 Å². The predicted octanol–water partition coefficient (Wildman–Crippen LogP) is 3.22. The summed E-state index contributed by atoms with van der Waals surface area (Å²) in [6, 6.07) is 8.02. The van der Waals surface area contributed by atoms with E-state index in [1.54, 1.807) is 6.20 Å². The number of methoxy groups -OCH3 is 1. The molecule has 1 aromatic carbocycles. The highest BCUT2D eigenvalue weighted by Gasteiger charge is 2.26. The number of amides is 2. The van der Waals surface area contributed by atoms with Gasteiger partial charge in [-0.1, -0.05) is 12.1 Å². The van der Waals surface area contributed by atoms with Crippen molar-refractivity contribution in [1.29, 1.82) is 0 Å². The minimum atomic E-state index is -0.161. The molecule has 2 amide bonds. The zero-order valence-electron chi connectivity index (χ0n) is 19.9. The third kappa shape index (κ3) is 5.45. The van der Waals surface area contributed by atoms with Gasteiger partial charge in [0.1, 0.15) is 29.9 Å². The number of fused-ring (bicyclic) bond motifs is 1. The van der Waals surface area contributed by atoms with Gasteiger partial charge < -0.3 is 25.1 Å². The summed E-state index contributed by atoms with van der Waals surface area (Å²) in [5.41, 5.74) is 3.39. The lowest BCUT2D eigenvalue weighted by Gasteiger charge is -2.29. The molecule has 2 fully saturated rings. The van der Waals surface area contributed by atoms with Crippen LogP contribution in [0.25, 0.3) is 22.3 Å². The Morgan fingerprint density at radius 3 is 2.51 bits per heavy atom. The molecule has 9 nitrogen and oxygen atoms in total. The lowest BCUT2D eigenvalue weighted by Crippen LogP contribution is -2.44. The lowest BCUT2D eigenvalue weighted by atomic mass is 9.91. The number of aromatic nitrogens is 3. The molecule has 5 rings (SSSR count). The lowest BCUT2D eigenvalue weighted by molar-refractivity contribution is -0.125. The second-order valence-electron chi connectivity index (χ2n) is 9.42. The molecule has 2 aliphatic rings. The third-order valence-corrected chi connectivity index (χ3v) is 6.72. The molecule has 0 aliphatic heterocycles. The largest absolute Gasteiger partial charge is 0.493 e. The van der Waals surface area contributed by atoms with E-state index in [0.717, 1.165) is 37.0 Å². The van der Waals surface area contributed by atoms with Gasteiger partial charge >= 0.3 is 0 Å². The van der Waals surface area contributed by atoms with Crippen LogP contribution in [-0.4, -0.2) is 59.2 Å². The second-order valence-corrected chi connectivity index (χ2v) is 9.42. The fraction of sp³-hybridized carbons (Fsp3) is 0.462. The summed E-state index contributed by atoms with van der Waals surface area (Å²) in [5.74, 6) is 1.17. The predicted molar refractivity (Wildman–Crippen MR) is 131 cm³/mol. The number of ether oxygens (including phenoxy) is 2. The molecule has 2 saturated carbocycles. The van der Waals surface area contributed by atoms with Crippen molar-refractivity contribution in [3.63, 3.8) is 0 Å². The zero-order chi connectivity index (χ0) is 24.2. The summed E-state index contributed by atoms with van der Waals surface area (Å²) >= 11 is 0. The molecule has 0 atom stereocenters. The molecule has 0 unspecified atom stereocenters. The number of rotatable bonds is 9. The number of aromatic amines is 1. The van der Waals surface area contributed by atoms with Crippen LogP contribution >= 0.6 is 0 Å². The van der Waals surface area contributed by atoms with Crippen molar-refractivity contribution in [3.05, 3.63) is 42.4 Å². The van der Waals surface area contributed by atoms with Crippen LogP contribution in [0, 0.1) is 5.92 Å². The maximum atomic E-state index is 13.1. The molecule has 0 saturated heterocycles. The summed E-state index contributed by atoms with van der Waals surface area (Å²) in [6.45, 7) is 0.778. The van der Waals surface area contributed by atoms with Crippen LogP contribution in [0.4, 0.5) is 0 Å². The number of carbonyl (C=O) groups excluding carboxylic acids is 2. The first-order chi connectivity index (χ1) is 17.1. The first-order valence-electron chi connectivity index (χ1n) is 12.3. The Bertz CT molecular complexity index is 1200. The minimum Gasteiger partial charge on any atom is -0.493 e. The Morgan fingerprint density at radius 2 is 1.77 bits per heavy atom. The molecular weight excluding hydrogens is 446 g/mol. The summed E-state index contributed by atoms with van der Waals surface area (Å²) in [4.78, 5) is 37.0. The molecule has 2 heterocycles. The average Bonchev–Trinajstić information content (AvgIpc) is 3.60. The first-order valence-corrected chi connectivity index (χ1v) is 12.3. The molecule has 0 spiro atoms. The van der Waals surface area contributed by atoms with Gasteiger partial charge in [-0.3, -0.25) is 9.59 Å². The molecule has 0 radical (unpaired) electrons. The fourth-order valence-electron chi connectivity index (χ4n) is 4.64. The fourth-order valence-corrected chi connectivity index (χ4v) is 4.64. The van der Waals surface area contributed by atoms with Gasteiger partial charge in [0.05, 0.1) is 17.7 Å². The summed E-state index contributed by atoms with van der Waals surface area (Å²) < 4.78 is 11.0. The van der Waals surface area contributed by atoms with Crippen LogP contribution in [0.15, 0.2) is 36.8 Å². The van der Waals surface area contributed by atoms with Crippen LogP contribution in [0.3, 0.4) is 0 Å². The van der Waals surface area contributed by atoms with E-state index in [1.165, 1.54) is 26.3 Å². The molecule has 0 bridgehead atoms. The minimum absolute atomic E-state index is 0.0564. The number of nitrogens with one attached hydrogen (secondary N) is 3. The van der Waals surface area contributed by atoms with E-state index in [4.69, 9.17) is 9.47 Å². The van der Waals surface area contributed by atoms with E-state index in [1.807, 2.05) is 24.3 Å². The Kier molecular flexibility index (Phi) is 6.94. The van der Waals surface area contributed by atoms with Crippen molar-refractivity contribution in [1.82, 2.24) is 25.6 Å². The smallest absolute Gasteiger partial charge is 0.255 e. The van der Waals surface area contributed by atoms with Gasteiger partial charge in [0.2, 0.25) is 5.91 Å². The van der Waals surface area contributed by atoms with Gasteiger partial charge in [-0.25, -0.2) is 9.97 Å². The number of benzene rings is 1. The topological polar surface area (TPSA) is 118 Å². The standard InChI is InChI=1S/C26H31N5O4/c1-34-14-22(32)30-17-8-10-18(11-9-17)31-26(33)20-12-27-25-23(28-15-29-24(20)25)19-4-2-3-5-21(19)35-13-16-6-7-16/h2-5,12,15-18,27H,6-11,13-14H2,1H3,(H,30,32)(H,31,33)/t17-,18-. The number of para-hydroxylation sites is 1. The summed E-state index contributed by atoms with van der Waals surface area (Å²) in [5, 5.41) is 6.12. The Balaban J connectivity index is 1.27. The molecular formula is C26H31N5O4.